The lowest BCUT2D eigenvalue weighted by Gasteiger charge is -2.44. The van der Waals surface area contributed by atoms with E-state index in [-0.39, 0.29) is 23.6 Å². The summed E-state index contributed by atoms with van der Waals surface area (Å²) in [6.07, 6.45) is 1.26. The number of hydrogen-bond acceptors (Lipinski definition) is 3. The van der Waals surface area contributed by atoms with Crippen molar-refractivity contribution in [1.82, 2.24) is 15.1 Å². The highest BCUT2D eigenvalue weighted by Gasteiger charge is 2.38. The van der Waals surface area contributed by atoms with Crippen molar-refractivity contribution in [3.05, 3.63) is 33.8 Å². The molecule has 0 unspecified atom stereocenters. The molecule has 2 saturated heterocycles. The van der Waals surface area contributed by atoms with Crippen LogP contribution in [0.2, 0.25) is 10.0 Å². The Morgan fingerprint density at radius 2 is 2.00 bits per heavy atom. The fourth-order valence-corrected chi connectivity index (χ4v) is 3.99. The molecule has 148 valence electrons. The third-order valence-corrected chi connectivity index (χ3v) is 5.64. The van der Waals surface area contributed by atoms with Crippen molar-refractivity contribution in [2.24, 2.45) is 5.41 Å². The first-order valence-electron chi connectivity index (χ1n) is 9.15. The zero-order valence-electron chi connectivity index (χ0n) is 15.6. The maximum Gasteiger partial charge on any atom is 0.410 e. The van der Waals surface area contributed by atoms with Crippen LogP contribution < -0.4 is 5.32 Å². The largest absolute Gasteiger partial charge is 0.449 e. The third-order valence-electron chi connectivity index (χ3n) is 5.06. The van der Waals surface area contributed by atoms with Crippen LogP contribution in [0.1, 0.15) is 32.3 Å². The van der Waals surface area contributed by atoms with Crippen LogP contribution in [0.4, 0.5) is 9.59 Å². The number of amides is 3. The van der Waals surface area contributed by atoms with Gasteiger partial charge in [-0.2, -0.15) is 0 Å². The second-order valence-electron chi connectivity index (χ2n) is 7.96. The van der Waals surface area contributed by atoms with E-state index in [2.05, 4.69) is 19.2 Å². The highest BCUT2D eigenvalue weighted by molar-refractivity contribution is 6.35. The summed E-state index contributed by atoms with van der Waals surface area (Å²) in [6.45, 7) is 6.90. The Kier molecular flexibility index (Phi) is 6.06. The summed E-state index contributed by atoms with van der Waals surface area (Å²) in [6, 6.07) is 5.21. The average Bonchev–Trinajstić information content (AvgIpc) is 2.63. The molecule has 0 radical (unpaired) electrons. The fourth-order valence-electron chi connectivity index (χ4n) is 3.52. The van der Waals surface area contributed by atoms with E-state index in [4.69, 9.17) is 27.9 Å². The SMILES string of the molecule is CC1(C)COC(=O)N(C2CCN(C(=O)NCc3ccc(Cl)cc3Cl)CC2)C1. The molecule has 0 spiro atoms. The topological polar surface area (TPSA) is 61.9 Å². The first kappa shape index (κ1) is 20.1. The minimum atomic E-state index is -0.241. The van der Waals surface area contributed by atoms with Crippen molar-refractivity contribution in [3.8, 4) is 0 Å². The molecule has 1 aromatic carbocycles. The number of carbonyl (C=O) groups is 2. The van der Waals surface area contributed by atoms with Gasteiger partial charge in [0.25, 0.3) is 0 Å². The molecule has 2 aliphatic rings. The molecule has 0 aromatic heterocycles. The summed E-state index contributed by atoms with van der Waals surface area (Å²) in [5.74, 6) is 0. The highest BCUT2D eigenvalue weighted by Crippen LogP contribution is 2.28. The van der Waals surface area contributed by atoms with Gasteiger partial charge in [0.1, 0.15) is 0 Å². The number of nitrogens with zero attached hydrogens (tertiary/aromatic N) is 2. The first-order valence-corrected chi connectivity index (χ1v) is 9.91. The average molecular weight is 414 g/mol. The molecule has 1 N–H and O–H groups in total. The number of urea groups is 1. The van der Waals surface area contributed by atoms with Crippen LogP contribution in [0.25, 0.3) is 0 Å². The van der Waals surface area contributed by atoms with Gasteiger partial charge in [0, 0.05) is 47.7 Å². The Morgan fingerprint density at radius 3 is 2.67 bits per heavy atom. The summed E-state index contributed by atoms with van der Waals surface area (Å²) in [5, 5.41) is 4.00. The quantitative estimate of drug-likeness (QED) is 0.809. The third kappa shape index (κ3) is 4.99. The van der Waals surface area contributed by atoms with Gasteiger partial charge in [-0.1, -0.05) is 43.1 Å². The molecule has 0 atom stereocenters. The number of nitrogens with one attached hydrogen (secondary N) is 1. The number of piperidine rings is 1. The predicted octanol–water partition coefficient (Wildman–Crippen LogP) is 4.15. The van der Waals surface area contributed by atoms with E-state index < -0.39 is 0 Å². The number of hydrogen-bond donors (Lipinski definition) is 1. The van der Waals surface area contributed by atoms with Gasteiger partial charge < -0.3 is 19.9 Å². The number of rotatable bonds is 3. The van der Waals surface area contributed by atoms with E-state index in [9.17, 15) is 9.59 Å². The van der Waals surface area contributed by atoms with Gasteiger partial charge in [-0.05, 0) is 30.5 Å². The summed E-state index contributed by atoms with van der Waals surface area (Å²) in [5.41, 5.74) is 0.780. The van der Waals surface area contributed by atoms with E-state index >= 15 is 0 Å². The van der Waals surface area contributed by atoms with Crippen molar-refractivity contribution in [3.63, 3.8) is 0 Å². The Balaban J connectivity index is 1.49. The van der Waals surface area contributed by atoms with Crippen LogP contribution in [0.5, 0.6) is 0 Å². The van der Waals surface area contributed by atoms with Crippen LogP contribution in [-0.2, 0) is 11.3 Å². The minimum absolute atomic E-state index is 0.0414. The highest BCUT2D eigenvalue weighted by atomic mass is 35.5. The molecule has 1 aromatic rings. The minimum Gasteiger partial charge on any atom is -0.449 e. The summed E-state index contributed by atoms with van der Waals surface area (Å²) >= 11 is 12.0. The molecular formula is C19H25Cl2N3O3. The number of halogens is 2. The number of likely N-dealkylation sites (tertiary alicyclic amines) is 1. The second-order valence-corrected chi connectivity index (χ2v) is 8.80. The van der Waals surface area contributed by atoms with Crippen LogP contribution >= 0.6 is 23.2 Å². The Labute approximate surface area is 169 Å². The number of carbonyl (C=O) groups excluding carboxylic acids is 2. The Bertz CT molecular complexity index is 718. The van der Waals surface area contributed by atoms with Crippen molar-refractivity contribution in [2.45, 2.75) is 39.3 Å². The van der Waals surface area contributed by atoms with Gasteiger partial charge in [-0.15, -0.1) is 0 Å². The molecule has 2 fully saturated rings. The van der Waals surface area contributed by atoms with Crippen LogP contribution in [0, 0.1) is 5.41 Å². The van der Waals surface area contributed by atoms with E-state index in [1.54, 1.807) is 23.1 Å². The van der Waals surface area contributed by atoms with E-state index in [0.29, 0.717) is 42.8 Å². The maximum atomic E-state index is 12.4. The summed E-state index contributed by atoms with van der Waals surface area (Å²) in [4.78, 5) is 28.1. The molecule has 3 amide bonds. The summed E-state index contributed by atoms with van der Waals surface area (Å²) < 4.78 is 5.31. The lowest BCUT2D eigenvalue weighted by Crippen LogP contribution is -2.55. The Morgan fingerprint density at radius 1 is 1.30 bits per heavy atom. The Hall–Kier alpha value is -1.66. The van der Waals surface area contributed by atoms with E-state index in [1.807, 2.05) is 4.90 Å². The molecule has 8 heteroatoms. The second kappa shape index (κ2) is 8.15. The standard InChI is InChI=1S/C19H25Cl2N3O3/c1-19(2)11-24(18(26)27-12-19)15-5-7-23(8-6-15)17(25)22-10-13-3-4-14(20)9-16(13)21/h3-4,9,15H,5-8,10-12H2,1-2H3,(H,22,25). The predicted molar refractivity (Wildman–Crippen MR) is 105 cm³/mol. The first-order chi connectivity index (χ1) is 12.7. The van der Waals surface area contributed by atoms with Gasteiger partial charge in [-0.25, -0.2) is 9.59 Å². The van der Waals surface area contributed by atoms with Crippen molar-refractivity contribution >= 4 is 35.3 Å². The molecule has 0 saturated carbocycles. The fraction of sp³-hybridized carbons (Fsp3) is 0.579. The van der Waals surface area contributed by atoms with E-state index in [1.165, 1.54) is 0 Å². The van der Waals surface area contributed by atoms with Crippen LogP contribution in [0.15, 0.2) is 18.2 Å². The van der Waals surface area contributed by atoms with Crippen molar-refractivity contribution < 1.29 is 14.3 Å². The summed E-state index contributed by atoms with van der Waals surface area (Å²) in [7, 11) is 0. The van der Waals surface area contributed by atoms with Crippen LogP contribution in [0.3, 0.4) is 0 Å². The van der Waals surface area contributed by atoms with Crippen molar-refractivity contribution in [2.75, 3.05) is 26.2 Å². The molecule has 0 aliphatic carbocycles. The monoisotopic (exact) mass is 413 g/mol. The van der Waals surface area contributed by atoms with Gasteiger partial charge in [-0.3, -0.25) is 0 Å². The lowest BCUT2D eigenvalue weighted by molar-refractivity contribution is -0.0143. The lowest BCUT2D eigenvalue weighted by atomic mass is 9.91. The molecule has 2 heterocycles. The van der Waals surface area contributed by atoms with E-state index in [0.717, 1.165) is 18.4 Å². The smallest absolute Gasteiger partial charge is 0.410 e. The molecule has 0 bridgehead atoms. The zero-order valence-corrected chi connectivity index (χ0v) is 17.1. The van der Waals surface area contributed by atoms with Gasteiger partial charge >= 0.3 is 12.1 Å². The van der Waals surface area contributed by atoms with Crippen molar-refractivity contribution in [1.29, 1.82) is 0 Å². The van der Waals surface area contributed by atoms with Gasteiger partial charge in [0.05, 0.1) is 6.61 Å². The van der Waals surface area contributed by atoms with Gasteiger partial charge in [0.2, 0.25) is 0 Å². The number of cyclic esters (lactones) is 1. The number of benzene rings is 1. The molecular weight excluding hydrogens is 389 g/mol. The number of ether oxygens (including phenoxy) is 1. The molecule has 3 rings (SSSR count). The molecule has 6 nitrogen and oxygen atoms in total. The molecule has 2 aliphatic heterocycles. The zero-order chi connectivity index (χ0) is 19.6. The van der Waals surface area contributed by atoms with Crippen LogP contribution in [-0.4, -0.2) is 54.2 Å². The molecule has 27 heavy (non-hydrogen) atoms. The van der Waals surface area contributed by atoms with Gasteiger partial charge in [0.15, 0.2) is 0 Å². The normalized spacial score (nSPS) is 20.4. The maximum absolute atomic E-state index is 12.4.